The molecule has 0 aliphatic carbocycles. The Balaban J connectivity index is 1.71. The van der Waals surface area contributed by atoms with Crippen LogP contribution in [0.15, 0.2) is 27.9 Å². The van der Waals surface area contributed by atoms with Crippen LogP contribution in [0, 0.1) is 0 Å². The van der Waals surface area contributed by atoms with Crippen LogP contribution in [-0.4, -0.2) is 48.0 Å². The molecule has 1 N–H and O–H groups in total. The van der Waals surface area contributed by atoms with E-state index in [1.165, 1.54) is 9.13 Å². The molecule has 0 unspecified atom stereocenters. The van der Waals surface area contributed by atoms with Crippen molar-refractivity contribution in [3.05, 3.63) is 44.3 Å². The van der Waals surface area contributed by atoms with Gasteiger partial charge in [-0.1, -0.05) is 18.5 Å². The summed E-state index contributed by atoms with van der Waals surface area (Å²) in [5, 5.41) is 0.358. The summed E-state index contributed by atoms with van der Waals surface area (Å²) in [6.07, 6.45) is 4.27. The minimum atomic E-state index is -0.407. The van der Waals surface area contributed by atoms with Gasteiger partial charge in [0.1, 0.15) is 16.5 Å². The Kier molecular flexibility index (Phi) is 5.72. The Morgan fingerprint density at radius 2 is 1.97 bits per heavy atom. The van der Waals surface area contributed by atoms with E-state index in [0.29, 0.717) is 48.1 Å². The Hall–Kier alpha value is -2.94. The van der Waals surface area contributed by atoms with Crippen LogP contribution in [0.5, 0.6) is 0 Å². The molecule has 0 aromatic carbocycles. The van der Waals surface area contributed by atoms with Crippen molar-refractivity contribution < 1.29 is 4.79 Å². The van der Waals surface area contributed by atoms with Gasteiger partial charge < -0.3 is 9.88 Å². The van der Waals surface area contributed by atoms with Crippen LogP contribution in [-0.2, 0) is 17.9 Å². The molecule has 1 aliphatic rings. The predicted molar refractivity (Wildman–Crippen MR) is 114 cm³/mol. The zero-order valence-corrected chi connectivity index (χ0v) is 17.5. The molecule has 0 atom stereocenters. The fourth-order valence-corrected chi connectivity index (χ4v) is 3.91. The maximum Gasteiger partial charge on any atom is 0.332 e. The van der Waals surface area contributed by atoms with E-state index in [1.807, 2.05) is 6.92 Å². The highest BCUT2D eigenvalue weighted by molar-refractivity contribution is 6.29. The van der Waals surface area contributed by atoms with Crippen molar-refractivity contribution in [1.29, 1.82) is 0 Å². The quantitative estimate of drug-likeness (QED) is 0.577. The summed E-state index contributed by atoms with van der Waals surface area (Å²) in [6.45, 7) is 3.94. The number of hydrogen-bond acceptors (Lipinski definition) is 5. The van der Waals surface area contributed by atoms with Crippen molar-refractivity contribution in [2.24, 2.45) is 0 Å². The molecule has 1 saturated heterocycles. The minimum Gasteiger partial charge on any atom is -0.343 e. The number of pyridine rings is 1. The molecule has 1 fully saturated rings. The zero-order chi connectivity index (χ0) is 21.3. The third-order valence-corrected chi connectivity index (χ3v) is 5.51. The Labute approximate surface area is 177 Å². The third-order valence-electron chi connectivity index (χ3n) is 5.29. The largest absolute Gasteiger partial charge is 0.343 e. The van der Waals surface area contributed by atoms with E-state index in [0.717, 1.165) is 19.4 Å². The fraction of sp³-hybridized carbons (Fsp3) is 0.450. The molecular formula is C20H23ClN6O3. The number of fused-ring (bicyclic) bond motifs is 1. The number of hydrogen-bond donors (Lipinski definition) is 1. The fourth-order valence-electron chi connectivity index (χ4n) is 3.80. The van der Waals surface area contributed by atoms with Gasteiger partial charge in [0.2, 0.25) is 5.91 Å². The van der Waals surface area contributed by atoms with Gasteiger partial charge in [0.15, 0.2) is 5.65 Å². The topological polar surface area (TPSA) is 106 Å². The first-order chi connectivity index (χ1) is 14.5. The lowest BCUT2D eigenvalue weighted by molar-refractivity contribution is -0.127. The van der Waals surface area contributed by atoms with E-state index in [9.17, 15) is 14.4 Å². The Morgan fingerprint density at radius 1 is 1.13 bits per heavy atom. The highest BCUT2D eigenvalue weighted by Gasteiger charge is 2.21. The lowest BCUT2D eigenvalue weighted by Crippen LogP contribution is -2.41. The van der Waals surface area contributed by atoms with Crippen LogP contribution in [0.4, 0.5) is 0 Å². The molecule has 30 heavy (non-hydrogen) atoms. The molecule has 0 saturated carbocycles. The highest BCUT2D eigenvalue weighted by Crippen LogP contribution is 2.19. The molecular weight excluding hydrogens is 408 g/mol. The summed E-state index contributed by atoms with van der Waals surface area (Å²) in [5.74, 6) is 0.590. The van der Waals surface area contributed by atoms with Crippen molar-refractivity contribution in [2.45, 2.75) is 45.7 Å². The number of amides is 1. The van der Waals surface area contributed by atoms with Crippen LogP contribution in [0.2, 0.25) is 5.15 Å². The molecule has 0 bridgehead atoms. The first-order valence-corrected chi connectivity index (χ1v) is 10.5. The summed E-state index contributed by atoms with van der Waals surface area (Å²) < 4.78 is 2.77. The van der Waals surface area contributed by atoms with Gasteiger partial charge in [0.25, 0.3) is 5.56 Å². The molecule has 4 rings (SSSR count). The monoisotopic (exact) mass is 430 g/mol. The number of rotatable bonds is 7. The maximum atomic E-state index is 13.1. The van der Waals surface area contributed by atoms with Crippen molar-refractivity contribution in [3.63, 3.8) is 0 Å². The van der Waals surface area contributed by atoms with E-state index in [4.69, 9.17) is 11.6 Å². The van der Waals surface area contributed by atoms with Crippen LogP contribution >= 0.6 is 11.6 Å². The van der Waals surface area contributed by atoms with Crippen molar-refractivity contribution in [1.82, 2.24) is 29.0 Å². The van der Waals surface area contributed by atoms with Crippen molar-refractivity contribution >= 4 is 28.7 Å². The summed E-state index contributed by atoms with van der Waals surface area (Å²) in [4.78, 5) is 51.3. The number of H-pyrrole nitrogens is 1. The number of nitrogens with zero attached hydrogens (tertiary/aromatic N) is 5. The number of carbonyl (C=O) groups excluding carboxylic acids is 1. The van der Waals surface area contributed by atoms with E-state index >= 15 is 0 Å². The number of aryl methyl sites for hydroxylation is 1. The molecule has 3 aromatic rings. The minimum absolute atomic E-state index is 0.135. The second kappa shape index (κ2) is 8.43. The molecule has 9 nitrogen and oxygen atoms in total. The number of carbonyl (C=O) groups is 1. The van der Waals surface area contributed by atoms with E-state index < -0.39 is 5.56 Å². The van der Waals surface area contributed by atoms with Crippen LogP contribution in [0.25, 0.3) is 22.6 Å². The van der Waals surface area contributed by atoms with Gasteiger partial charge in [0, 0.05) is 44.4 Å². The van der Waals surface area contributed by atoms with Crippen LogP contribution in [0.3, 0.4) is 0 Å². The standard InChI is InChI=1S/C20H23ClN6O3/c1-2-8-26-18-16(23-17(24-18)13-6-7-14(21)22-12-13)19(29)27(20(26)30)11-4-10-25-9-3-5-15(25)28/h6-7,12H,2-5,8-11H2,1H3,(H,23,24). The number of aromatic amines is 1. The summed E-state index contributed by atoms with van der Waals surface area (Å²) in [7, 11) is 0. The highest BCUT2D eigenvalue weighted by atomic mass is 35.5. The summed E-state index contributed by atoms with van der Waals surface area (Å²) in [5.41, 5.74) is 0.503. The Bertz CT molecular complexity index is 1190. The number of likely N-dealkylation sites (tertiary alicyclic amines) is 1. The van der Waals surface area contributed by atoms with Crippen molar-refractivity contribution in [2.75, 3.05) is 13.1 Å². The molecule has 158 valence electrons. The SMILES string of the molecule is CCCn1c(=O)n(CCCN2CCCC2=O)c(=O)c2[nH]c(-c3ccc(Cl)nc3)nc21. The third kappa shape index (κ3) is 3.77. The van der Waals surface area contributed by atoms with Gasteiger partial charge in [-0.2, -0.15) is 0 Å². The van der Waals surface area contributed by atoms with Gasteiger partial charge in [-0.25, -0.2) is 14.8 Å². The lowest BCUT2D eigenvalue weighted by atomic mass is 10.3. The zero-order valence-electron chi connectivity index (χ0n) is 16.7. The average molecular weight is 431 g/mol. The Morgan fingerprint density at radius 3 is 2.63 bits per heavy atom. The predicted octanol–water partition coefficient (Wildman–Crippen LogP) is 2.02. The second-order valence-corrected chi connectivity index (χ2v) is 7.77. The van der Waals surface area contributed by atoms with Gasteiger partial charge in [-0.05, 0) is 31.4 Å². The first-order valence-electron chi connectivity index (χ1n) is 10.1. The molecule has 0 radical (unpaired) electrons. The lowest BCUT2D eigenvalue weighted by Gasteiger charge is -2.16. The van der Waals surface area contributed by atoms with E-state index in [1.54, 1.807) is 23.2 Å². The number of imidazole rings is 1. The second-order valence-electron chi connectivity index (χ2n) is 7.38. The van der Waals surface area contributed by atoms with Crippen molar-refractivity contribution in [3.8, 4) is 11.4 Å². The molecule has 4 heterocycles. The molecule has 1 amide bonds. The maximum absolute atomic E-state index is 13.1. The molecule has 1 aliphatic heterocycles. The smallest absolute Gasteiger partial charge is 0.332 e. The van der Waals surface area contributed by atoms with E-state index in [-0.39, 0.29) is 23.7 Å². The normalized spacial score (nSPS) is 14.2. The van der Waals surface area contributed by atoms with Crippen LogP contribution in [0.1, 0.15) is 32.6 Å². The number of halogens is 1. The van der Waals surface area contributed by atoms with Gasteiger partial charge >= 0.3 is 5.69 Å². The molecule has 3 aromatic heterocycles. The van der Waals surface area contributed by atoms with Gasteiger partial charge in [-0.15, -0.1) is 0 Å². The molecule has 0 spiro atoms. The summed E-state index contributed by atoms with van der Waals surface area (Å²) >= 11 is 5.85. The first kappa shape index (κ1) is 20.3. The number of nitrogens with one attached hydrogen (secondary N) is 1. The molecule has 10 heteroatoms. The van der Waals surface area contributed by atoms with E-state index in [2.05, 4.69) is 15.0 Å². The van der Waals surface area contributed by atoms with Gasteiger partial charge in [-0.3, -0.25) is 18.7 Å². The average Bonchev–Trinajstić information content (AvgIpc) is 3.35. The number of aromatic nitrogens is 5. The summed E-state index contributed by atoms with van der Waals surface area (Å²) in [6, 6.07) is 3.39. The van der Waals surface area contributed by atoms with Crippen LogP contribution < -0.4 is 11.2 Å². The van der Waals surface area contributed by atoms with Gasteiger partial charge in [0.05, 0.1) is 0 Å².